The molecule has 104 valence electrons. The van der Waals surface area contributed by atoms with E-state index in [2.05, 4.69) is 34.1 Å². The normalized spacial score (nSPS) is 14.0. The first-order valence-electron chi connectivity index (χ1n) is 7.14. The van der Waals surface area contributed by atoms with Crippen LogP contribution in [0, 0.1) is 18.3 Å². The third-order valence-electron chi connectivity index (χ3n) is 2.94. The van der Waals surface area contributed by atoms with Crippen LogP contribution in [0.4, 0.5) is 0 Å². The van der Waals surface area contributed by atoms with E-state index >= 15 is 0 Å². The molecule has 0 aromatic heterocycles. The fourth-order valence-corrected chi connectivity index (χ4v) is 2.16. The summed E-state index contributed by atoms with van der Waals surface area (Å²) in [6.07, 6.45) is 8.32. The third kappa shape index (κ3) is 14.6. The molecule has 2 unspecified atom stereocenters. The van der Waals surface area contributed by atoms with Crippen LogP contribution in [-0.4, -0.2) is 20.0 Å². The van der Waals surface area contributed by atoms with Crippen LogP contribution in [0.5, 0.6) is 0 Å². The SMILES string of the molecule is C[CH-]CC(C)CC(C)CCCOCOCCC.[Li+]. The van der Waals surface area contributed by atoms with Gasteiger partial charge in [0, 0.05) is 13.2 Å². The van der Waals surface area contributed by atoms with Gasteiger partial charge in [-0.3, -0.25) is 0 Å². The van der Waals surface area contributed by atoms with Crippen molar-refractivity contribution in [3.8, 4) is 0 Å². The van der Waals surface area contributed by atoms with Gasteiger partial charge in [0.2, 0.25) is 0 Å². The van der Waals surface area contributed by atoms with Crippen molar-refractivity contribution in [2.24, 2.45) is 11.8 Å². The Bertz CT molecular complexity index is 153. The van der Waals surface area contributed by atoms with Gasteiger partial charge in [0.15, 0.2) is 0 Å². The molecule has 2 atom stereocenters. The second-order valence-electron chi connectivity index (χ2n) is 5.17. The maximum Gasteiger partial charge on any atom is 1.00 e. The van der Waals surface area contributed by atoms with Crippen LogP contribution in [0.1, 0.15) is 59.8 Å². The van der Waals surface area contributed by atoms with E-state index in [1.807, 2.05) is 0 Å². The number of hydrogen-bond donors (Lipinski definition) is 0. The molecule has 0 aliphatic carbocycles. The van der Waals surface area contributed by atoms with Gasteiger partial charge in [0.25, 0.3) is 0 Å². The van der Waals surface area contributed by atoms with Crippen LogP contribution in [0.2, 0.25) is 0 Å². The zero-order chi connectivity index (χ0) is 12.9. The van der Waals surface area contributed by atoms with E-state index in [0.717, 1.165) is 37.9 Å². The molecule has 0 bridgehead atoms. The van der Waals surface area contributed by atoms with Crippen molar-refractivity contribution < 1.29 is 28.3 Å². The van der Waals surface area contributed by atoms with Gasteiger partial charge >= 0.3 is 18.9 Å². The van der Waals surface area contributed by atoms with Gasteiger partial charge in [0.1, 0.15) is 6.79 Å². The number of ether oxygens (including phenoxy) is 2. The van der Waals surface area contributed by atoms with Gasteiger partial charge in [0.05, 0.1) is 0 Å². The summed E-state index contributed by atoms with van der Waals surface area (Å²) in [4.78, 5) is 0. The molecule has 0 aliphatic heterocycles. The minimum atomic E-state index is 0. The summed E-state index contributed by atoms with van der Waals surface area (Å²) < 4.78 is 10.7. The second-order valence-corrected chi connectivity index (χ2v) is 5.17. The topological polar surface area (TPSA) is 18.5 Å². The Morgan fingerprint density at radius 3 is 2.33 bits per heavy atom. The number of rotatable bonds is 12. The van der Waals surface area contributed by atoms with Gasteiger partial charge in [-0.1, -0.05) is 33.1 Å². The Balaban J connectivity index is 0. The quantitative estimate of drug-likeness (QED) is 0.226. The maximum atomic E-state index is 5.41. The maximum absolute atomic E-state index is 5.41. The van der Waals surface area contributed by atoms with Crippen LogP contribution >= 0.6 is 0 Å². The fourth-order valence-electron chi connectivity index (χ4n) is 2.16. The summed E-state index contributed by atoms with van der Waals surface area (Å²) in [5.41, 5.74) is 0. The summed E-state index contributed by atoms with van der Waals surface area (Å²) >= 11 is 0. The molecule has 0 spiro atoms. The van der Waals surface area contributed by atoms with Crippen molar-refractivity contribution >= 4 is 0 Å². The van der Waals surface area contributed by atoms with Gasteiger partial charge in [-0.25, -0.2) is 0 Å². The summed E-state index contributed by atoms with van der Waals surface area (Å²) in [5, 5.41) is 0. The molecule has 0 aromatic carbocycles. The molecule has 0 aromatic rings. The van der Waals surface area contributed by atoms with Crippen LogP contribution in [0.25, 0.3) is 0 Å². The standard InChI is InChI=1S/C15H31O2.Li/c1-5-8-14(3)12-15(4)9-7-11-17-13-16-10-6-2;/h5,14-15H,6-13H2,1-4H3;/q-1;+1. The van der Waals surface area contributed by atoms with E-state index < -0.39 is 0 Å². The van der Waals surface area contributed by atoms with Crippen LogP contribution < -0.4 is 18.9 Å². The first-order chi connectivity index (χ1) is 8.20. The van der Waals surface area contributed by atoms with Gasteiger partial charge < -0.3 is 15.9 Å². The van der Waals surface area contributed by atoms with E-state index in [0.29, 0.717) is 6.79 Å². The molecule has 0 heterocycles. The van der Waals surface area contributed by atoms with E-state index in [4.69, 9.17) is 9.47 Å². The first-order valence-corrected chi connectivity index (χ1v) is 7.14. The molecular formula is C15H31LiO2. The Labute approximate surface area is 126 Å². The van der Waals surface area contributed by atoms with Crippen molar-refractivity contribution in [3.63, 3.8) is 0 Å². The molecule has 0 aliphatic rings. The van der Waals surface area contributed by atoms with Gasteiger partial charge in [-0.15, -0.1) is 0 Å². The molecule has 18 heavy (non-hydrogen) atoms. The van der Waals surface area contributed by atoms with E-state index in [9.17, 15) is 0 Å². The number of hydrogen-bond acceptors (Lipinski definition) is 2. The van der Waals surface area contributed by atoms with Gasteiger partial charge in [-0.05, 0) is 25.2 Å². The molecule has 3 heteroatoms. The van der Waals surface area contributed by atoms with Crippen molar-refractivity contribution in [2.45, 2.75) is 59.8 Å². The molecule has 0 amide bonds. The molecular weight excluding hydrogens is 219 g/mol. The van der Waals surface area contributed by atoms with E-state index in [1.54, 1.807) is 0 Å². The fraction of sp³-hybridized carbons (Fsp3) is 0.933. The Hall–Kier alpha value is 0.517. The molecule has 0 saturated heterocycles. The summed E-state index contributed by atoms with van der Waals surface area (Å²) in [6, 6.07) is 0. The van der Waals surface area contributed by atoms with Crippen molar-refractivity contribution in [2.75, 3.05) is 20.0 Å². The molecule has 0 saturated carbocycles. The summed E-state index contributed by atoms with van der Waals surface area (Å²) in [5.74, 6) is 1.63. The van der Waals surface area contributed by atoms with Crippen LogP contribution in [-0.2, 0) is 9.47 Å². The minimum absolute atomic E-state index is 0. The van der Waals surface area contributed by atoms with Crippen molar-refractivity contribution in [3.05, 3.63) is 6.42 Å². The van der Waals surface area contributed by atoms with Crippen LogP contribution in [0.15, 0.2) is 0 Å². The van der Waals surface area contributed by atoms with Crippen LogP contribution in [0.3, 0.4) is 0 Å². The third-order valence-corrected chi connectivity index (χ3v) is 2.94. The average molecular weight is 250 g/mol. The second kappa shape index (κ2) is 15.6. The predicted octanol–water partition coefficient (Wildman–Crippen LogP) is 1.45. The summed E-state index contributed by atoms with van der Waals surface area (Å²) in [7, 11) is 0. The first kappa shape index (κ1) is 20.8. The zero-order valence-electron chi connectivity index (χ0n) is 13.2. The van der Waals surface area contributed by atoms with Gasteiger partial charge in [-0.2, -0.15) is 13.3 Å². The molecule has 0 rings (SSSR count). The molecule has 2 nitrogen and oxygen atoms in total. The largest absolute Gasteiger partial charge is 1.00 e. The Kier molecular flexibility index (Phi) is 18.0. The zero-order valence-corrected chi connectivity index (χ0v) is 13.2. The monoisotopic (exact) mass is 250 g/mol. The average Bonchev–Trinajstić information content (AvgIpc) is 2.28. The van der Waals surface area contributed by atoms with E-state index in [1.165, 1.54) is 19.3 Å². The minimum Gasteiger partial charge on any atom is -0.355 e. The molecule has 0 fully saturated rings. The Morgan fingerprint density at radius 1 is 1.06 bits per heavy atom. The predicted molar refractivity (Wildman–Crippen MR) is 73.8 cm³/mol. The van der Waals surface area contributed by atoms with E-state index in [-0.39, 0.29) is 18.9 Å². The Morgan fingerprint density at radius 2 is 1.72 bits per heavy atom. The van der Waals surface area contributed by atoms with Crippen molar-refractivity contribution in [1.29, 1.82) is 0 Å². The molecule has 0 radical (unpaired) electrons. The summed E-state index contributed by atoms with van der Waals surface area (Å²) in [6.45, 7) is 11.0. The smallest absolute Gasteiger partial charge is 0.355 e. The van der Waals surface area contributed by atoms with Crippen molar-refractivity contribution in [1.82, 2.24) is 0 Å². The molecule has 0 N–H and O–H groups in total.